The third kappa shape index (κ3) is 6.66. The fourth-order valence-electron chi connectivity index (χ4n) is 4.33. The fraction of sp³-hybridized carbons (Fsp3) is 0.714. The molecule has 1 aliphatic carbocycles. The Labute approximate surface area is 199 Å². The molecular formula is C21H33ClN5O5P. The average Bonchev–Trinajstić information content (AvgIpc) is 3.48. The summed E-state index contributed by atoms with van der Waals surface area (Å²) < 4.78 is 30.7. The molecule has 10 nitrogen and oxygen atoms in total. The van der Waals surface area contributed by atoms with Crippen LogP contribution in [0.4, 0.5) is 5.82 Å². The minimum absolute atomic E-state index is 0.175. The van der Waals surface area contributed by atoms with E-state index >= 15 is 0 Å². The van der Waals surface area contributed by atoms with Crippen LogP contribution < -0.4 is 5.32 Å². The zero-order chi connectivity index (χ0) is 23.4. The van der Waals surface area contributed by atoms with Crippen LogP contribution in [0.25, 0.3) is 11.0 Å². The first kappa shape index (κ1) is 24.9. The van der Waals surface area contributed by atoms with Gasteiger partial charge >= 0.3 is 7.60 Å². The second kappa shape index (κ2) is 11.0. The van der Waals surface area contributed by atoms with Gasteiger partial charge in [-0.15, -0.1) is 0 Å². The molecule has 2 aromatic rings. The Kier molecular flexibility index (Phi) is 8.28. The maximum absolute atomic E-state index is 12.1. The predicted molar refractivity (Wildman–Crippen MR) is 127 cm³/mol. The predicted octanol–water partition coefficient (Wildman–Crippen LogP) is 3.85. The van der Waals surface area contributed by atoms with Gasteiger partial charge < -0.3 is 33.7 Å². The molecule has 1 unspecified atom stereocenters. The van der Waals surface area contributed by atoms with E-state index < -0.39 is 7.60 Å². The van der Waals surface area contributed by atoms with Crippen LogP contribution in [0.2, 0.25) is 5.28 Å². The largest absolute Gasteiger partial charge is 0.367 e. The lowest BCUT2D eigenvalue weighted by atomic mass is 10.2. The van der Waals surface area contributed by atoms with Crippen molar-refractivity contribution in [2.75, 3.05) is 45.5 Å². The molecule has 2 aromatic heterocycles. The van der Waals surface area contributed by atoms with Crippen molar-refractivity contribution >= 4 is 36.0 Å². The minimum Gasteiger partial charge on any atom is -0.367 e. The van der Waals surface area contributed by atoms with Crippen LogP contribution in [0.3, 0.4) is 0 Å². The molecule has 2 aliphatic rings. The number of hydrogen-bond acceptors (Lipinski definition) is 8. The molecule has 0 spiro atoms. The van der Waals surface area contributed by atoms with Gasteiger partial charge in [0.15, 0.2) is 0 Å². The standard InChI is InChI=1S/C21H33ClN5O5P/c1-26(2)11-12-31-33(28,29)14-30-13-16-7-8-18(32-16)27-10-9-17-19(23-15-5-3-4-6-15)24-21(22)25-20(17)27/h9-10,15-16,18H,3-8,11-14H2,1-2H3,(H,28,29)(H,23,24,25)/t16-,18+/m0/s1. The topological polar surface area (TPSA) is 111 Å². The van der Waals surface area contributed by atoms with Gasteiger partial charge in [0, 0.05) is 18.8 Å². The van der Waals surface area contributed by atoms with Crippen LogP contribution in [0, 0.1) is 0 Å². The lowest BCUT2D eigenvalue weighted by Gasteiger charge is -2.18. The Morgan fingerprint density at radius 3 is 2.85 bits per heavy atom. The first-order valence-corrected chi connectivity index (χ1v) is 13.6. The molecule has 3 atom stereocenters. The summed E-state index contributed by atoms with van der Waals surface area (Å²) in [5.74, 6) is 0.765. The van der Waals surface area contributed by atoms with Crippen molar-refractivity contribution in [3.05, 3.63) is 17.5 Å². The van der Waals surface area contributed by atoms with Crippen molar-refractivity contribution in [2.45, 2.75) is 56.9 Å². The normalized spacial score (nSPS) is 23.5. The lowest BCUT2D eigenvalue weighted by Crippen LogP contribution is -2.19. The molecule has 1 aliphatic heterocycles. The number of hydrogen-bond donors (Lipinski definition) is 2. The average molecular weight is 502 g/mol. The van der Waals surface area contributed by atoms with Crippen LogP contribution in [0.15, 0.2) is 12.3 Å². The zero-order valence-electron chi connectivity index (χ0n) is 19.2. The van der Waals surface area contributed by atoms with E-state index in [1.54, 1.807) is 0 Å². The summed E-state index contributed by atoms with van der Waals surface area (Å²) in [5.41, 5.74) is 0.733. The molecule has 2 N–H and O–H groups in total. The molecule has 2 fully saturated rings. The molecule has 12 heteroatoms. The Morgan fingerprint density at radius 2 is 2.09 bits per heavy atom. The van der Waals surface area contributed by atoms with Crippen molar-refractivity contribution in [1.29, 1.82) is 0 Å². The lowest BCUT2D eigenvalue weighted by molar-refractivity contribution is -0.0347. The molecule has 4 rings (SSSR count). The maximum atomic E-state index is 12.1. The van der Waals surface area contributed by atoms with Crippen molar-refractivity contribution in [1.82, 2.24) is 19.4 Å². The molecule has 0 amide bonds. The first-order valence-electron chi connectivity index (χ1n) is 11.5. The number of fused-ring (bicyclic) bond motifs is 1. The van der Waals surface area contributed by atoms with Crippen molar-refractivity contribution in [2.24, 2.45) is 0 Å². The minimum atomic E-state index is -3.77. The van der Waals surface area contributed by atoms with E-state index in [0.29, 0.717) is 12.6 Å². The van der Waals surface area contributed by atoms with Gasteiger partial charge in [0.25, 0.3) is 0 Å². The summed E-state index contributed by atoms with van der Waals surface area (Å²) in [6.45, 7) is 0.963. The summed E-state index contributed by atoms with van der Waals surface area (Å²) in [5, 5.41) is 4.65. The van der Waals surface area contributed by atoms with Gasteiger partial charge in [0.1, 0.15) is 24.0 Å². The van der Waals surface area contributed by atoms with Crippen LogP contribution in [0.1, 0.15) is 44.8 Å². The number of halogens is 1. The fourth-order valence-corrected chi connectivity index (χ4v) is 5.27. The molecule has 33 heavy (non-hydrogen) atoms. The Bertz CT molecular complexity index is 983. The maximum Gasteiger partial charge on any atom is 0.353 e. The number of anilines is 1. The van der Waals surface area contributed by atoms with Crippen LogP contribution >= 0.6 is 19.2 Å². The molecule has 0 radical (unpaired) electrons. The third-order valence-electron chi connectivity index (χ3n) is 6.03. The van der Waals surface area contributed by atoms with Gasteiger partial charge in [-0.05, 0) is 57.4 Å². The van der Waals surface area contributed by atoms with Gasteiger partial charge in [-0.3, -0.25) is 4.57 Å². The van der Waals surface area contributed by atoms with Crippen molar-refractivity contribution in [3.8, 4) is 0 Å². The summed E-state index contributed by atoms with van der Waals surface area (Å²) in [7, 11) is -0.0298. The molecule has 1 saturated heterocycles. The van der Waals surface area contributed by atoms with Crippen LogP contribution in [-0.4, -0.2) is 76.7 Å². The highest BCUT2D eigenvalue weighted by atomic mass is 35.5. The Morgan fingerprint density at radius 1 is 1.30 bits per heavy atom. The van der Waals surface area contributed by atoms with E-state index in [9.17, 15) is 9.46 Å². The number of nitrogens with zero attached hydrogens (tertiary/aromatic N) is 4. The van der Waals surface area contributed by atoms with Crippen LogP contribution in [-0.2, 0) is 18.6 Å². The van der Waals surface area contributed by atoms with Gasteiger partial charge in [0.05, 0.1) is 24.7 Å². The van der Waals surface area contributed by atoms with E-state index in [1.165, 1.54) is 12.8 Å². The summed E-state index contributed by atoms with van der Waals surface area (Å²) in [4.78, 5) is 20.6. The van der Waals surface area contributed by atoms with Gasteiger partial charge in [-0.25, -0.2) is 4.98 Å². The SMILES string of the molecule is CN(C)CCOP(=O)(O)COC[C@@H]1CC[C@H](n2ccc3c(NC4CCCC4)nc(Cl)nc32)O1. The van der Waals surface area contributed by atoms with Crippen molar-refractivity contribution in [3.63, 3.8) is 0 Å². The second-order valence-electron chi connectivity index (χ2n) is 8.99. The molecular weight excluding hydrogens is 469 g/mol. The van der Waals surface area contributed by atoms with E-state index in [0.717, 1.165) is 42.5 Å². The van der Waals surface area contributed by atoms with E-state index in [2.05, 4.69) is 15.3 Å². The molecule has 1 saturated carbocycles. The third-order valence-corrected chi connectivity index (χ3v) is 7.29. The number of rotatable bonds is 11. The molecule has 184 valence electrons. The second-order valence-corrected chi connectivity index (χ2v) is 11.1. The zero-order valence-corrected chi connectivity index (χ0v) is 20.8. The summed E-state index contributed by atoms with van der Waals surface area (Å²) in [6, 6.07) is 2.41. The monoisotopic (exact) mass is 501 g/mol. The smallest absolute Gasteiger partial charge is 0.353 e. The van der Waals surface area contributed by atoms with E-state index in [1.807, 2.05) is 35.8 Å². The summed E-state index contributed by atoms with van der Waals surface area (Å²) >= 11 is 6.24. The van der Waals surface area contributed by atoms with E-state index in [4.69, 9.17) is 25.6 Å². The quantitative estimate of drug-likeness (QED) is 0.350. The molecule has 0 bridgehead atoms. The van der Waals surface area contributed by atoms with Gasteiger partial charge in [-0.2, -0.15) is 4.98 Å². The number of aromatic nitrogens is 3. The van der Waals surface area contributed by atoms with E-state index in [-0.39, 0.29) is 37.2 Å². The van der Waals surface area contributed by atoms with Crippen molar-refractivity contribution < 1.29 is 23.5 Å². The highest BCUT2D eigenvalue weighted by Gasteiger charge is 2.30. The Balaban J connectivity index is 1.33. The summed E-state index contributed by atoms with van der Waals surface area (Å²) in [6.07, 6.45) is 7.50. The molecule has 0 aromatic carbocycles. The number of nitrogens with one attached hydrogen (secondary N) is 1. The first-order chi connectivity index (χ1) is 15.8. The number of ether oxygens (including phenoxy) is 2. The Hall–Kier alpha value is -1.26. The highest BCUT2D eigenvalue weighted by molar-refractivity contribution is 7.52. The van der Waals surface area contributed by atoms with Gasteiger partial charge in [-0.1, -0.05) is 12.8 Å². The van der Waals surface area contributed by atoms with Gasteiger partial charge in [0.2, 0.25) is 5.28 Å². The molecule has 3 heterocycles. The highest BCUT2D eigenvalue weighted by Crippen LogP contribution is 2.42. The van der Waals surface area contributed by atoms with Crippen LogP contribution in [0.5, 0.6) is 0 Å². The number of likely N-dealkylation sites (N-methyl/N-ethyl adjacent to an activating group) is 1.